The minimum atomic E-state index is -4.89. The largest absolute Gasteiger partial charge is 0.481 e. The lowest BCUT2D eigenvalue weighted by Crippen LogP contribution is -2.16. The minimum absolute atomic E-state index is 0.0905. The second-order valence-corrected chi connectivity index (χ2v) is 3.36. The number of carbonyl (C=O) groups is 2. The van der Waals surface area contributed by atoms with Gasteiger partial charge < -0.3 is 5.11 Å². The minimum Gasteiger partial charge on any atom is -0.481 e. The fourth-order valence-electron chi connectivity index (χ4n) is 1.53. The van der Waals surface area contributed by atoms with E-state index in [1.807, 2.05) is 0 Å². The van der Waals surface area contributed by atoms with Gasteiger partial charge in [0.05, 0.1) is 23.6 Å². The number of nitrogens with zero attached hydrogens (tertiary/aromatic N) is 1. The monoisotopic (exact) mass is 257 g/mol. The van der Waals surface area contributed by atoms with E-state index in [4.69, 9.17) is 10.4 Å². The molecule has 0 radical (unpaired) electrons. The highest BCUT2D eigenvalue weighted by Crippen LogP contribution is 2.35. The van der Waals surface area contributed by atoms with Crippen molar-refractivity contribution in [3.8, 4) is 6.07 Å². The van der Waals surface area contributed by atoms with Gasteiger partial charge >= 0.3 is 12.1 Å². The summed E-state index contributed by atoms with van der Waals surface area (Å²) in [4.78, 5) is 21.2. The van der Waals surface area contributed by atoms with Crippen molar-refractivity contribution in [2.24, 2.45) is 0 Å². The number of carboxylic acids is 1. The number of aldehydes is 1. The van der Waals surface area contributed by atoms with Crippen LogP contribution in [0.2, 0.25) is 0 Å². The Bertz CT molecular complexity index is 544. The SMILES string of the molecule is N#Cc1ccc(CC(=O)O)c(C(F)(F)F)c1C=O. The zero-order chi connectivity index (χ0) is 13.9. The molecule has 0 atom stereocenters. The Morgan fingerprint density at radius 2 is 2.06 bits per heavy atom. The van der Waals surface area contributed by atoms with Gasteiger partial charge in [0.15, 0.2) is 6.29 Å². The van der Waals surface area contributed by atoms with E-state index in [1.54, 1.807) is 0 Å². The second kappa shape index (κ2) is 4.87. The van der Waals surface area contributed by atoms with E-state index < -0.39 is 40.8 Å². The Morgan fingerprint density at radius 1 is 1.44 bits per heavy atom. The predicted molar refractivity (Wildman–Crippen MR) is 52.9 cm³/mol. The number of halogens is 3. The molecular formula is C11H6F3NO3. The van der Waals surface area contributed by atoms with Gasteiger partial charge in [-0.25, -0.2) is 0 Å². The lowest BCUT2D eigenvalue weighted by molar-refractivity contribution is -0.139. The molecule has 18 heavy (non-hydrogen) atoms. The first-order valence-corrected chi connectivity index (χ1v) is 4.61. The molecule has 7 heteroatoms. The Hall–Kier alpha value is -2.36. The fraction of sp³-hybridized carbons (Fsp3) is 0.182. The average molecular weight is 257 g/mol. The van der Waals surface area contributed by atoms with Crippen LogP contribution in [0.25, 0.3) is 0 Å². The molecule has 0 fully saturated rings. The van der Waals surface area contributed by atoms with Gasteiger partial charge in [-0.15, -0.1) is 0 Å². The number of rotatable bonds is 3. The van der Waals surface area contributed by atoms with Crippen molar-refractivity contribution in [1.82, 2.24) is 0 Å². The number of hydrogen-bond donors (Lipinski definition) is 1. The molecule has 1 N–H and O–H groups in total. The molecule has 0 amide bonds. The van der Waals surface area contributed by atoms with E-state index in [-0.39, 0.29) is 6.29 Å². The third-order valence-electron chi connectivity index (χ3n) is 2.20. The van der Waals surface area contributed by atoms with Crippen LogP contribution in [0.4, 0.5) is 13.2 Å². The molecule has 0 spiro atoms. The van der Waals surface area contributed by atoms with Gasteiger partial charge in [0, 0.05) is 5.56 Å². The molecule has 0 bridgehead atoms. The van der Waals surface area contributed by atoms with Gasteiger partial charge in [0.1, 0.15) is 0 Å². The number of nitriles is 1. The maximum absolute atomic E-state index is 12.8. The summed E-state index contributed by atoms with van der Waals surface area (Å²) in [5.74, 6) is -1.46. The van der Waals surface area contributed by atoms with Crippen LogP contribution in [0.5, 0.6) is 0 Å². The van der Waals surface area contributed by atoms with Crippen LogP contribution in [0.3, 0.4) is 0 Å². The quantitative estimate of drug-likeness (QED) is 0.840. The highest BCUT2D eigenvalue weighted by molar-refractivity contribution is 5.84. The Kier molecular flexibility index (Phi) is 3.71. The summed E-state index contributed by atoms with van der Waals surface area (Å²) in [6.07, 6.45) is -5.86. The number of carboxylic acid groups (broad SMARTS) is 1. The first kappa shape index (κ1) is 13.7. The predicted octanol–water partition coefficient (Wildman–Crippen LogP) is 2.02. The summed E-state index contributed by atoms with van der Waals surface area (Å²) in [5, 5.41) is 17.1. The molecular weight excluding hydrogens is 251 g/mol. The van der Waals surface area contributed by atoms with Crippen LogP contribution in [0.1, 0.15) is 27.0 Å². The van der Waals surface area contributed by atoms with E-state index in [9.17, 15) is 22.8 Å². The molecule has 0 aliphatic carbocycles. The molecule has 1 rings (SSSR count). The van der Waals surface area contributed by atoms with Gasteiger partial charge in [-0.3, -0.25) is 9.59 Å². The van der Waals surface area contributed by atoms with Crippen LogP contribution in [-0.4, -0.2) is 17.4 Å². The van der Waals surface area contributed by atoms with E-state index in [0.29, 0.717) is 0 Å². The van der Waals surface area contributed by atoms with E-state index in [1.165, 1.54) is 6.07 Å². The maximum atomic E-state index is 12.8. The summed E-state index contributed by atoms with van der Waals surface area (Å²) in [6.45, 7) is 0. The van der Waals surface area contributed by atoms with E-state index in [0.717, 1.165) is 12.1 Å². The van der Waals surface area contributed by atoms with Crippen LogP contribution in [0, 0.1) is 11.3 Å². The van der Waals surface area contributed by atoms with Crippen LogP contribution in [0.15, 0.2) is 12.1 Å². The molecule has 4 nitrogen and oxygen atoms in total. The zero-order valence-electron chi connectivity index (χ0n) is 8.78. The Morgan fingerprint density at radius 3 is 2.44 bits per heavy atom. The van der Waals surface area contributed by atoms with Crippen molar-refractivity contribution in [2.45, 2.75) is 12.6 Å². The average Bonchev–Trinajstić information content (AvgIpc) is 2.25. The van der Waals surface area contributed by atoms with Crippen molar-refractivity contribution in [2.75, 3.05) is 0 Å². The van der Waals surface area contributed by atoms with Crippen LogP contribution in [-0.2, 0) is 17.4 Å². The highest BCUT2D eigenvalue weighted by Gasteiger charge is 2.37. The molecule has 0 unspecified atom stereocenters. The maximum Gasteiger partial charge on any atom is 0.417 e. The molecule has 0 saturated heterocycles. The van der Waals surface area contributed by atoms with Crippen molar-refractivity contribution in [3.05, 3.63) is 34.4 Å². The Balaban J connectivity index is 3.61. The first-order valence-electron chi connectivity index (χ1n) is 4.61. The Labute approximate surface area is 99.3 Å². The third-order valence-corrected chi connectivity index (χ3v) is 2.20. The standard InChI is InChI=1S/C11H6F3NO3/c12-11(13,14)10-6(3-9(17)18)1-2-7(4-15)8(10)5-16/h1-2,5H,3H2,(H,17,18). The molecule has 0 aliphatic heterocycles. The van der Waals surface area contributed by atoms with Crippen molar-refractivity contribution >= 4 is 12.3 Å². The summed E-state index contributed by atoms with van der Waals surface area (Å²) in [6, 6.07) is 3.35. The van der Waals surface area contributed by atoms with Gasteiger partial charge in [0.25, 0.3) is 0 Å². The number of carbonyl (C=O) groups excluding carboxylic acids is 1. The van der Waals surface area contributed by atoms with Gasteiger partial charge in [-0.05, 0) is 11.6 Å². The molecule has 1 aromatic carbocycles. The molecule has 0 aliphatic rings. The van der Waals surface area contributed by atoms with Crippen molar-refractivity contribution < 1.29 is 27.9 Å². The molecule has 94 valence electrons. The summed E-state index contributed by atoms with van der Waals surface area (Å²) in [7, 11) is 0. The third kappa shape index (κ3) is 2.66. The van der Waals surface area contributed by atoms with E-state index >= 15 is 0 Å². The van der Waals surface area contributed by atoms with Crippen LogP contribution >= 0.6 is 0 Å². The lowest BCUT2D eigenvalue weighted by Gasteiger charge is -2.14. The highest BCUT2D eigenvalue weighted by atomic mass is 19.4. The normalized spacial score (nSPS) is 10.8. The van der Waals surface area contributed by atoms with Crippen molar-refractivity contribution in [3.63, 3.8) is 0 Å². The van der Waals surface area contributed by atoms with Crippen LogP contribution < -0.4 is 0 Å². The molecule has 0 saturated carbocycles. The fourth-order valence-corrected chi connectivity index (χ4v) is 1.53. The number of benzene rings is 1. The topological polar surface area (TPSA) is 78.2 Å². The molecule has 0 aromatic heterocycles. The zero-order valence-corrected chi connectivity index (χ0v) is 8.78. The number of hydrogen-bond acceptors (Lipinski definition) is 3. The van der Waals surface area contributed by atoms with Gasteiger partial charge in [-0.2, -0.15) is 18.4 Å². The lowest BCUT2D eigenvalue weighted by atomic mass is 9.95. The summed E-state index contributed by atoms with van der Waals surface area (Å²) in [5.41, 5.74) is -3.18. The number of alkyl halides is 3. The summed E-state index contributed by atoms with van der Waals surface area (Å²) >= 11 is 0. The smallest absolute Gasteiger partial charge is 0.417 e. The van der Waals surface area contributed by atoms with Crippen molar-refractivity contribution in [1.29, 1.82) is 5.26 Å². The van der Waals surface area contributed by atoms with E-state index in [2.05, 4.69) is 0 Å². The molecule has 0 heterocycles. The first-order chi connectivity index (χ1) is 8.31. The van der Waals surface area contributed by atoms with Gasteiger partial charge in [0.2, 0.25) is 0 Å². The molecule has 1 aromatic rings. The second-order valence-electron chi connectivity index (χ2n) is 3.36. The summed E-state index contributed by atoms with van der Waals surface area (Å²) < 4.78 is 38.4. The van der Waals surface area contributed by atoms with Gasteiger partial charge in [-0.1, -0.05) is 6.07 Å². The number of aliphatic carboxylic acids is 1.